The number of hydrogen-bond donors (Lipinski definition) is 1. The van der Waals surface area contributed by atoms with Gasteiger partial charge in [0.05, 0.1) is 17.4 Å². The van der Waals surface area contributed by atoms with Gasteiger partial charge in [-0.3, -0.25) is 14.9 Å². The summed E-state index contributed by atoms with van der Waals surface area (Å²) in [6, 6.07) is 19.8. The second-order valence-electron chi connectivity index (χ2n) is 7.97. The maximum absolute atomic E-state index is 11.9. The monoisotopic (exact) mass is 424 g/mol. The lowest BCUT2D eigenvalue weighted by molar-refractivity contribution is -0.127. The van der Waals surface area contributed by atoms with E-state index in [9.17, 15) is 4.79 Å². The highest BCUT2D eigenvalue weighted by Gasteiger charge is 2.24. The van der Waals surface area contributed by atoms with Crippen LogP contribution in [0.3, 0.4) is 0 Å². The Bertz CT molecular complexity index is 1240. The molecule has 0 spiro atoms. The van der Waals surface area contributed by atoms with Gasteiger partial charge in [-0.25, -0.2) is 0 Å². The fraction of sp³-hybridized carbons (Fsp3) is 0.192. The van der Waals surface area contributed by atoms with Crippen molar-refractivity contribution in [3.8, 4) is 22.8 Å². The number of fused-ring (bicyclic) bond motifs is 1. The average Bonchev–Trinajstić information content (AvgIpc) is 3.33. The molecule has 1 amide bonds. The van der Waals surface area contributed by atoms with Crippen LogP contribution in [0.15, 0.2) is 79.5 Å². The molecule has 0 radical (unpaired) electrons. The molecule has 2 aromatic heterocycles. The molecule has 6 heteroatoms. The van der Waals surface area contributed by atoms with E-state index in [1.54, 1.807) is 0 Å². The molecule has 1 saturated heterocycles. The van der Waals surface area contributed by atoms with Crippen LogP contribution < -0.4 is 4.74 Å². The highest BCUT2D eigenvalue weighted by atomic mass is 16.5. The Kier molecular flexibility index (Phi) is 5.42. The molecule has 0 saturated carbocycles. The van der Waals surface area contributed by atoms with Gasteiger partial charge in [0.25, 0.3) is 0 Å². The molecule has 160 valence electrons. The van der Waals surface area contributed by atoms with Crippen molar-refractivity contribution >= 4 is 16.8 Å². The molecule has 1 N–H and O–H groups in total. The number of aromatic nitrogens is 3. The molecule has 0 bridgehead atoms. The van der Waals surface area contributed by atoms with E-state index in [1.165, 1.54) is 6.08 Å². The first kappa shape index (κ1) is 20.0. The summed E-state index contributed by atoms with van der Waals surface area (Å²) in [6.45, 7) is 5.04. The standard InChI is InChI=1S/C26H24N4O2/c1-2-24(31)30-14-12-18(13-15-30)23-16-20-17-27-29-26(20)25(28-23)19-8-10-22(11-9-19)32-21-6-4-3-5-7-21/h2-11,16-18H,1,12-15H2,(H,27,29). The van der Waals surface area contributed by atoms with Crippen molar-refractivity contribution < 1.29 is 9.53 Å². The van der Waals surface area contributed by atoms with Crippen molar-refractivity contribution in [3.63, 3.8) is 0 Å². The Labute approximate surface area is 186 Å². The predicted octanol–water partition coefficient (Wildman–Crippen LogP) is 5.31. The number of carbonyl (C=O) groups excluding carboxylic acids is 1. The van der Waals surface area contributed by atoms with Crippen LogP contribution in [0.2, 0.25) is 0 Å². The SMILES string of the molecule is C=CC(=O)N1CCC(c2cc3cn[nH]c3c(-c3ccc(Oc4ccccc4)cc3)n2)CC1. The summed E-state index contributed by atoms with van der Waals surface area (Å²) < 4.78 is 5.92. The van der Waals surface area contributed by atoms with E-state index in [2.05, 4.69) is 22.8 Å². The highest BCUT2D eigenvalue weighted by Crippen LogP contribution is 2.33. The summed E-state index contributed by atoms with van der Waals surface area (Å²) in [7, 11) is 0. The van der Waals surface area contributed by atoms with E-state index in [1.807, 2.05) is 65.7 Å². The van der Waals surface area contributed by atoms with E-state index >= 15 is 0 Å². The van der Waals surface area contributed by atoms with E-state index in [-0.39, 0.29) is 5.91 Å². The van der Waals surface area contributed by atoms with Crippen LogP contribution in [0.4, 0.5) is 0 Å². The number of rotatable bonds is 5. The zero-order chi connectivity index (χ0) is 21.9. The normalized spacial score (nSPS) is 14.4. The maximum atomic E-state index is 11.9. The Morgan fingerprint density at radius 1 is 1.06 bits per heavy atom. The van der Waals surface area contributed by atoms with Gasteiger partial charge in [0.1, 0.15) is 11.5 Å². The van der Waals surface area contributed by atoms with E-state index < -0.39 is 0 Å². The van der Waals surface area contributed by atoms with Gasteiger partial charge in [0.15, 0.2) is 0 Å². The number of piperidine rings is 1. The minimum atomic E-state index is 0.000182. The second kappa shape index (κ2) is 8.67. The number of amides is 1. The number of nitrogens with zero attached hydrogens (tertiary/aromatic N) is 3. The van der Waals surface area contributed by atoms with Gasteiger partial charge in [-0.05, 0) is 61.4 Å². The minimum absolute atomic E-state index is 0.000182. The van der Waals surface area contributed by atoms with Crippen molar-refractivity contribution in [1.29, 1.82) is 0 Å². The third kappa shape index (κ3) is 3.99. The summed E-state index contributed by atoms with van der Waals surface area (Å²) in [6.07, 6.45) is 5.01. The molecule has 1 fully saturated rings. The van der Waals surface area contributed by atoms with Crippen molar-refractivity contribution in [2.45, 2.75) is 18.8 Å². The molecule has 0 unspecified atom stereocenters. The minimum Gasteiger partial charge on any atom is -0.457 e. The number of benzene rings is 2. The number of pyridine rings is 1. The van der Waals surface area contributed by atoms with Gasteiger partial charge in [-0.15, -0.1) is 0 Å². The molecule has 4 aromatic rings. The molecular formula is C26H24N4O2. The van der Waals surface area contributed by atoms with E-state index in [0.29, 0.717) is 5.92 Å². The van der Waals surface area contributed by atoms with Crippen LogP contribution in [0, 0.1) is 0 Å². The summed E-state index contributed by atoms with van der Waals surface area (Å²) in [4.78, 5) is 18.8. The van der Waals surface area contributed by atoms with Crippen LogP contribution in [-0.4, -0.2) is 39.1 Å². The fourth-order valence-electron chi connectivity index (χ4n) is 4.22. The third-order valence-corrected chi connectivity index (χ3v) is 5.96. The number of H-pyrrole nitrogens is 1. The zero-order valence-corrected chi connectivity index (χ0v) is 17.7. The van der Waals surface area contributed by atoms with Crippen molar-refractivity contribution in [3.05, 3.63) is 85.2 Å². The number of para-hydroxylation sites is 1. The average molecular weight is 425 g/mol. The Morgan fingerprint density at radius 2 is 1.78 bits per heavy atom. The number of aromatic amines is 1. The fourth-order valence-corrected chi connectivity index (χ4v) is 4.22. The van der Waals surface area contributed by atoms with Crippen LogP contribution in [-0.2, 0) is 4.79 Å². The van der Waals surface area contributed by atoms with Crippen LogP contribution in [0.1, 0.15) is 24.5 Å². The topological polar surface area (TPSA) is 71.1 Å². The molecule has 3 heterocycles. The van der Waals surface area contributed by atoms with Crippen LogP contribution >= 0.6 is 0 Å². The Hall–Kier alpha value is -3.93. The van der Waals surface area contributed by atoms with E-state index in [0.717, 1.165) is 65.3 Å². The maximum Gasteiger partial charge on any atom is 0.245 e. The predicted molar refractivity (Wildman–Crippen MR) is 125 cm³/mol. The summed E-state index contributed by atoms with van der Waals surface area (Å²) in [5, 5.41) is 8.37. The number of nitrogens with one attached hydrogen (secondary N) is 1. The lowest BCUT2D eigenvalue weighted by atomic mass is 9.92. The largest absolute Gasteiger partial charge is 0.457 e. The number of ether oxygens (including phenoxy) is 1. The lowest BCUT2D eigenvalue weighted by Gasteiger charge is -2.31. The molecule has 0 aliphatic carbocycles. The summed E-state index contributed by atoms with van der Waals surface area (Å²) >= 11 is 0. The molecular weight excluding hydrogens is 400 g/mol. The van der Waals surface area contributed by atoms with Gasteiger partial charge in [-0.1, -0.05) is 24.8 Å². The van der Waals surface area contributed by atoms with Gasteiger partial charge >= 0.3 is 0 Å². The van der Waals surface area contributed by atoms with E-state index in [4.69, 9.17) is 9.72 Å². The highest BCUT2D eigenvalue weighted by molar-refractivity contribution is 5.91. The summed E-state index contributed by atoms with van der Waals surface area (Å²) in [5.74, 6) is 1.89. The molecule has 0 atom stereocenters. The zero-order valence-electron chi connectivity index (χ0n) is 17.7. The van der Waals surface area contributed by atoms with Crippen molar-refractivity contribution in [2.24, 2.45) is 0 Å². The van der Waals surface area contributed by atoms with Gasteiger partial charge in [-0.2, -0.15) is 5.10 Å². The number of likely N-dealkylation sites (tertiary alicyclic amines) is 1. The number of hydrogen-bond acceptors (Lipinski definition) is 4. The first-order chi connectivity index (χ1) is 15.7. The molecule has 1 aliphatic rings. The van der Waals surface area contributed by atoms with Crippen molar-refractivity contribution in [1.82, 2.24) is 20.1 Å². The molecule has 1 aliphatic heterocycles. The van der Waals surface area contributed by atoms with Gasteiger partial charge in [0.2, 0.25) is 5.91 Å². The first-order valence-electron chi connectivity index (χ1n) is 10.8. The molecule has 32 heavy (non-hydrogen) atoms. The van der Waals surface area contributed by atoms with Gasteiger partial charge < -0.3 is 9.64 Å². The molecule has 2 aromatic carbocycles. The Morgan fingerprint density at radius 3 is 2.50 bits per heavy atom. The first-order valence-corrected chi connectivity index (χ1v) is 10.8. The molecule has 5 rings (SSSR count). The quantitative estimate of drug-likeness (QED) is 0.441. The molecule has 6 nitrogen and oxygen atoms in total. The smallest absolute Gasteiger partial charge is 0.245 e. The second-order valence-corrected chi connectivity index (χ2v) is 7.97. The number of carbonyl (C=O) groups is 1. The van der Waals surface area contributed by atoms with Crippen LogP contribution in [0.5, 0.6) is 11.5 Å². The summed E-state index contributed by atoms with van der Waals surface area (Å²) in [5.41, 5.74) is 3.85. The third-order valence-electron chi connectivity index (χ3n) is 5.96. The Balaban J connectivity index is 1.41. The van der Waals surface area contributed by atoms with Gasteiger partial charge in [0, 0.05) is 35.7 Å². The van der Waals surface area contributed by atoms with Crippen LogP contribution in [0.25, 0.3) is 22.2 Å². The van der Waals surface area contributed by atoms with Crippen molar-refractivity contribution in [2.75, 3.05) is 13.1 Å². The lowest BCUT2D eigenvalue weighted by Crippen LogP contribution is -2.36.